The van der Waals surface area contributed by atoms with E-state index in [9.17, 15) is 13.6 Å². The first-order valence-electron chi connectivity index (χ1n) is 2.50. The molecule has 0 saturated carbocycles. The highest BCUT2D eigenvalue weighted by atomic mass is 19.3. The van der Waals surface area contributed by atoms with Crippen molar-refractivity contribution in [1.82, 2.24) is 0 Å². The first-order valence-corrected chi connectivity index (χ1v) is 2.50. The van der Waals surface area contributed by atoms with Gasteiger partial charge in [0.1, 0.15) is 0 Å². The van der Waals surface area contributed by atoms with E-state index in [2.05, 4.69) is 6.58 Å². The fraction of sp³-hybridized carbons (Fsp3) is 0.500. The first kappa shape index (κ1) is 8.27. The van der Waals surface area contributed by atoms with Gasteiger partial charge in [-0.3, -0.25) is 4.79 Å². The molecule has 52 valence electrons. The fourth-order valence-corrected chi connectivity index (χ4v) is 0.325. The highest BCUT2D eigenvalue weighted by Gasteiger charge is 2.32. The van der Waals surface area contributed by atoms with Crippen molar-refractivity contribution in [3.05, 3.63) is 12.7 Å². The molecule has 0 amide bonds. The van der Waals surface area contributed by atoms with Crippen LogP contribution in [0.5, 0.6) is 0 Å². The lowest BCUT2D eigenvalue weighted by Gasteiger charge is -2.07. The van der Waals surface area contributed by atoms with E-state index in [0.29, 0.717) is 0 Å². The van der Waals surface area contributed by atoms with Crippen molar-refractivity contribution in [2.24, 2.45) is 0 Å². The molecule has 0 aromatic heterocycles. The number of hydrogen-bond donors (Lipinski definition) is 0. The molecule has 0 atom stereocenters. The highest BCUT2D eigenvalue weighted by Crippen LogP contribution is 2.18. The molecule has 0 radical (unpaired) electrons. The molecule has 0 rings (SSSR count). The Kier molecular flexibility index (Phi) is 2.49. The predicted molar refractivity (Wildman–Crippen MR) is 30.4 cm³/mol. The quantitative estimate of drug-likeness (QED) is 0.538. The third kappa shape index (κ3) is 2.35. The zero-order chi connectivity index (χ0) is 7.49. The van der Waals surface area contributed by atoms with Gasteiger partial charge in [0, 0.05) is 13.3 Å². The van der Waals surface area contributed by atoms with E-state index in [0.717, 1.165) is 13.0 Å². The molecule has 3 heteroatoms. The van der Waals surface area contributed by atoms with Crippen LogP contribution in [0, 0.1) is 0 Å². The maximum atomic E-state index is 12.1. The summed E-state index contributed by atoms with van der Waals surface area (Å²) in [7, 11) is 0. The van der Waals surface area contributed by atoms with Crippen molar-refractivity contribution in [1.29, 1.82) is 0 Å². The van der Waals surface area contributed by atoms with Crippen LogP contribution >= 0.6 is 0 Å². The maximum Gasteiger partial charge on any atom is 0.308 e. The fourth-order valence-electron chi connectivity index (χ4n) is 0.325. The molecule has 0 bridgehead atoms. The summed E-state index contributed by atoms with van der Waals surface area (Å²) in [4.78, 5) is 10.1. The van der Waals surface area contributed by atoms with Crippen LogP contribution in [-0.4, -0.2) is 11.7 Å². The third-order valence-electron chi connectivity index (χ3n) is 0.916. The monoisotopic (exact) mass is 134 g/mol. The number of rotatable bonds is 3. The first-order chi connectivity index (χ1) is 4.00. The van der Waals surface area contributed by atoms with Crippen molar-refractivity contribution >= 4 is 5.78 Å². The van der Waals surface area contributed by atoms with Crippen LogP contribution in [0.25, 0.3) is 0 Å². The molecule has 0 aliphatic rings. The SMILES string of the molecule is C=CCC(F)(F)C(C)=O. The number of alkyl halides is 2. The molecule has 0 saturated heterocycles. The number of ketones is 1. The number of halogens is 2. The van der Waals surface area contributed by atoms with Crippen LogP contribution in [0.4, 0.5) is 8.78 Å². The van der Waals surface area contributed by atoms with Gasteiger partial charge in [0.25, 0.3) is 0 Å². The van der Waals surface area contributed by atoms with E-state index >= 15 is 0 Å². The van der Waals surface area contributed by atoms with Gasteiger partial charge >= 0.3 is 5.92 Å². The summed E-state index contributed by atoms with van der Waals surface area (Å²) in [5.74, 6) is -4.32. The number of hydrogen-bond acceptors (Lipinski definition) is 1. The largest absolute Gasteiger partial charge is 0.308 e. The van der Waals surface area contributed by atoms with Gasteiger partial charge in [-0.2, -0.15) is 8.78 Å². The van der Waals surface area contributed by atoms with E-state index in [1.807, 2.05) is 0 Å². The Balaban J connectivity index is 4.00. The lowest BCUT2D eigenvalue weighted by Crippen LogP contribution is -2.24. The number of allylic oxidation sites excluding steroid dienone is 1. The molecule has 0 N–H and O–H groups in total. The molecule has 0 aliphatic carbocycles. The third-order valence-corrected chi connectivity index (χ3v) is 0.916. The van der Waals surface area contributed by atoms with Crippen LogP contribution in [0.15, 0.2) is 12.7 Å². The van der Waals surface area contributed by atoms with Crippen molar-refractivity contribution < 1.29 is 13.6 Å². The van der Waals surface area contributed by atoms with Gasteiger partial charge in [-0.1, -0.05) is 6.08 Å². The molecule has 1 nitrogen and oxygen atoms in total. The summed E-state index contributed by atoms with van der Waals surface area (Å²) in [6, 6.07) is 0. The van der Waals surface area contributed by atoms with Gasteiger partial charge in [-0.25, -0.2) is 0 Å². The number of carbonyl (C=O) groups is 1. The summed E-state index contributed by atoms with van der Waals surface area (Å²) < 4.78 is 24.3. The van der Waals surface area contributed by atoms with Crippen molar-refractivity contribution in [3.63, 3.8) is 0 Å². The summed E-state index contributed by atoms with van der Waals surface area (Å²) in [6.45, 7) is 3.96. The van der Waals surface area contributed by atoms with Gasteiger partial charge in [0.05, 0.1) is 0 Å². The van der Waals surface area contributed by atoms with Gasteiger partial charge in [0.2, 0.25) is 0 Å². The lowest BCUT2D eigenvalue weighted by molar-refractivity contribution is -0.140. The van der Waals surface area contributed by atoms with Gasteiger partial charge in [0.15, 0.2) is 5.78 Å². The van der Waals surface area contributed by atoms with Crippen molar-refractivity contribution in [2.45, 2.75) is 19.3 Å². The molecule has 0 spiro atoms. The molecule has 0 aromatic rings. The highest BCUT2D eigenvalue weighted by molar-refractivity contribution is 5.83. The molecular weight excluding hydrogens is 126 g/mol. The second-order valence-corrected chi connectivity index (χ2v) is 1.75. The molecule has 0 aliphatic heterocycles. The van der Waals surface area contributed by atoms with Crippen LogP contribution in [0.3, 0.4) is 0 Å². The summed E-state index contributed by atoms with van der Waals surface area (Å²) in [5.41, 5.74) is 0. The molecule has 9 heavy (non-hydrogen) atoms. The normalized spacial score (nSPS) is 11.0. The maximum absolute atomic E-state index is 12.1. The second kappa shape index (κ2) is 2.71. The Morgan fingerprint density at radius 2 is 2.22 bits per heavy atom. The minimum atomic E-state index is -3.21. The standard InChI is InChI=1S/C6H8F2O/c1-3-4-6(7,8)5(2)9/h3H,1,4H2,2H3. The van der Waals surface area contributed by atoms with Crippen LogP contribution in [-0.2, 0) is 4.79 Å². The van der Waals surface area contributed by atoms with Gasteiger partial charge < -0.3 is 0 Å². The van der Waals surface area contributed by atoms with Gasteiger partial charge in [-0.15, -0.1) is 6.58 Å². The summed E-state index contributed by atoms with van der Waals surface area (Å²) in [5, 5.41) is 0. The Hall–Kier alpha value is -0.730. The minimum absolute atomic E-state index is 0.567. The van der Waals surface area contributed by atoms with Crippen molar-refractivity contribution in [2.75, 3.05) is 0 Å². The number of Topliss-reactive ketones (excluding diaryl/α,β-unsaturated/α-hetero) is 1. The van der Waals surface area contributed by atoms with Crippen LogP contribution in [0.2, 0.25) is 0 Å². The molecule has 0 aromatic carbocycles. The average molecular weight is 134 g/mol. The lowest BCUT2D eigenvalue weighted by atomic mass is 10.2. The minimum Gasteiger partial charge on any atom is -0.293 e. The molecule has 0 heterocycles. The van der Waals surface area contributed by atoms with E-state index in [1.165, 1.54) is 0 Å². The van der Waals surface area contributed by atoms with E-state index in [-0.39, 0.29) is 0 Å². The van der Waals surface area contributed by atoms with E-state index < -0.39 is 18.1 Å². The van der Waals surface area contributed by atoms with E-state index in [1.54, 1.807) is 0 Å². The van der Waals surface area contributed by atoms with E-state index in [4.69, 9.17) is 0 Å². The Bertz CT molecular complexity index is 129. The van der Waals surface area contributed by atoms with Crippen molar-refractivity contribution in [3.8, 4) is 0 Å². The number of carbonyl (C=O) groups excluding carboxylic acids is 1. The Morgan fingerprint density at radius 1 is 1.78 bits per heavy atom. The zero-order valence-corrected chi connectivity index (χ0v) is 5.16. The topological polar surface area (TPSA) is 17.1 Å². The Labute approximate surface area is 52.4 Å². The smallest absolute Gasteiger partial charge is 0.293 e. The average Bonchev–Trinajstić information content (AvgIpc) is 1.65. The summed E-state index contributed by atoms with van der Waals surface area (Å²) >= 11 is 0. The van der Waals surface area contributed by atoms with Crippen LogP contribution < -0.4 is 0 Å². The zero-order valence-electron chi connectivity index (χ0n) is 5.16. The molecule has 0 fully saturated rings. The molecule has 0 unspecified atom stereocenters. The second-order valence-electron chi connectivity index (χ2n) is 1.75. The molecular formula is C6H8F2O. The Morgan fingerprint density at radius 3 is 2.33 bits per heavy atom. The van der Waals surface area contributed by atoms with Gasteiger partial charge in [-0.05, 0) is 0 Å². The van der Waals surface area contributed by atoms with Crippen LogP contribution in [0.1, 0.15) is 13.3 Å². The summed E-state index contributed by atoms with van der Waals surface area (Å²) in [6.07, 6.45) is 0.462. The predicted octanol–water partition coefficient (Wildman–Crippen LogP) is 1.79.